The standard InChI is InChI=1S/C13H26N2O2/c1-9(2)14-13(4,12(16)17)8-15(5)7-11-6-10(11)3/h9-11,14H,6-8H2,1-5H3,(H,16,17). The van der Waals surface area contributed by atoms with Gasteiger partial charge in [-0.2, -0.15) is 0 Å². The van der Waals surface area contributed by atoms with Crippen LogP contribution in [0.25, 0.3) is 0 Å². The van der Waals surface area contributed by atoms with Crippen molar-refractivity contribution in [2.45, 2.75) is 45.7 Å². The molecule has 4 nitrogen and oxygen atoms in total. The van der Waals surface area contributed by atoms with E-state index in [1.54, 1.807) is 6.92 Å². The van der Waals surface area contributed by atoms with E-state index in [1.165, 1.54) is 6.42 Å². The molecule has 0 bridgehead atoms. The molecule has 3 atom stereocenters. The number of aliphatic carboxylic acids is 1. The van der Waals surface area contributed by atoms with Crippen LogP contribution in [0.15, 0.2) is 0 Å². The highest BCUT2D eigenvalue weighted by Gasteiger charge is 2.38. The highest BCUT2D eigenvalue weighted by atomic mass is 16.4. The Labute approximate surface area is 104 Å². The predicted molar refractivity (Wildman–Crippen MR) is 69.1 cm³/mol. The summed E-state index contributed by atoms with van der Waals surface area (Å²) in [7, 11) is 2.01. The average Bonchev–Trinajstić information content (AvgIpc) is 2.78. The molecular formula is C13H26N2O2. The van der Waals surface area contributed by atoms with Gasteiger partial charge in [-0.3, -0.25) is 10.1 Å². The number of hydrogen-bond acceptors (Lipinski definition) is 3. The zero-order valence-electron chi connectivity index (χ0n) is 11.7. The topological polar surface area (TPSA) is 52.6 Å². The van der Waals surface area contributed by atoms with Crippen LogP contribution in [0.2, 0.25) is 0 Å². The van der Waals surface area contributed by atoms with Crippen molar-refractivity contribution in [2.75, 3.05) is 20.1 Å². The monoisotopic (exact) mass is 242 g/mol. The van der Waals surface area contributed by atoms with Crippen LogP contribution in [-0.2, 0) is 4.79 Å². The molecule has 0 heterocycles. The summed E-state index contributed by atoms with van der Waals surface area (Å²) in [5, 5.41) is 12.5. The van der Waals surface area contributed by atoms with Crippen LogP contribution in [-0.4, -0.2) is 47.7 Å². The molecule has 1 aliphatic rings. The number of carboxylic acids is 1. The lowest BCUT2D eigenvalue weighted by molar-refractivity contribution is -0.145. The lowest BCUT2D eigenvalue weighted by Gasteiger charge is -2.33. The lowest BCUT2D eigenvalue weighted by atomic mass is 10.0. The molecule has 100 valence electrons. The fourth-order valence-electron chi connectivity index (χ4n) is 2.47. The number of carboxylic acid groups (broad SMARTS) is 1. The molecule has 0 amide bonds. The molecule has 0 radical (unpaired) electrons. The minimum atomic E-state index is -0.860. The number of carbonyl (C=O) groups is 1. The van der Waals surface area contributed by atoms with E-state index in [-0.39, 0.29) is 6.04 Å². The first kappa shape index (κ1) is 14.5. The smallest absolute Gasteiger partial charge is 0.324 e. The number of hydrogen-bond donors (Lipinski definition) is 2. The molecule has 4 heteroatoms. The van der Waals surface area contributed by atoms with Crippen molar-refractivity contribution in [1.82, 2.24) is 10.2 Å². The summed E-state index contributed by atoms with van der Waals surface area (Å²) in [6.07, 6.45) is 1.28. The van der Waals surface area contributed by atoms with Crippen molar-refractivity contribution < 1.29 is 9.90 Å². The molecule has 1 fully saturated rings. The Hall–Kier alpha value is -0.610. The van der Waals surface area contributed by atoms with Crippen LogP contribution in [0.3, 0.4) is 0 Å². The maximum atomic E-state index is 11.4. The zero-order valence-corrected chi connectivity index (χ0v) is 11.7. The van der Waals surface area contributed by atoms with Gasteiger partial charge in [0.05, 0.1) is 0 Å². The number of nitrogens with one attached hydrogen (secondary N) is 1. The van der Waals surface area contributed by atoms with Crippen molar-refractivity contribution in [3.63, 3.8) is 0 Å². The van der Waals surface area contributed by atoms with E-state index in [0.29, 0.717) is 6.54 Å². The SMILES string of the molecule is CC(C)NC(C)(CN(C)CC1CC1C)C(=O)O. The molecular weight excluding hydrogens is 216 g/mol. The van der Waals surface area contributed by atoms with Gasteiger partial charge in [0.1, 0.15) is 5.54 Å². The Morgan fingerprint density at radius 1 is 1.59 bits per heavy atom. The van der Waals surface area contributed by atoms with Crippen molar-refractivity contribution in [3.8, 4) is 0 Å². The Morgan fingerprint density at radius 2 is 2.12 bits per heavy atom. The Morgan fingerprint density at radius 3 is 2.47 bits per heavy atom. The first-order chi connectivity index (χ1) is 7.74. The quantitative estimate of drug-likeness (QED) is 0.709. The normalized spacial score (nSPS) is 27.2. The maximum Gasteiger partial charge on any atom is 0.324 e. The van der Waals surface area contributed by atoms with Crippen LogP contribution in [0.1, 0.15) is 34.1 Å². The van der Waals surface area contributed by atoms with Crippen LogP contribution in [0, 0.1) is 11.8 Å². The van der Waals surface area contributed by atoms with Crippen molar-refractivity contribution in [3.05, 3.63) is 0 Å². The maximum absolute atomic E-state index is 11.4. The molecule has 1 rings (SSSR count). The van der Waals surface area contributed by atoms with Crippen molar-refractivity contribution in [2.24, 2.45) is 11.8 Å². The van der Waals surface area contributed by atoms with Gasteiger partial charge in [0, 0.05) is 19.1 Å². The molecule has 1 saturated carbocycles. The lowest BCUT2D eigenvalue weighted by Crippen LogP contribution is -2.58. The van der Waals surface area contributed by atoms with E-state index in [9.17, 15) is 9.90 Å². The van der Waals surface area contributed by atoms with E-state index in [1.807, 2.05) is 20.9 Å². The van der Waals surface area contributed by atoms with Gasteiger partial charge >= 0.3 is 5.97 Å². The second kappa shape index (κ2) is 5.36. The number of nitrogens with zero attached hydrogens (tertiary/aromatic N) is 1. The van der Waals surface area contributed by atoms with Gasteiger partial charge in [0.25, 0.3) is 0 Å². The predicted octanol–water partition coefficient (Wildman–Crippen LogP) is 1.42. The van der Waals surface area contributed by atoms with E-state index < -0.39 is 11.5 Å². The molecule has 0 aromatic rings. The van der Waals surface area contributed by atoms with Crippen LogP contribution >= 0.6 is 0 Å². The number of rotatable bonds is 7. The largest absolute Gasteiger partial charge is 0.480 e. The first-order valence-corrected chi connectivity index (χ1v) is 6.44. The summed E-state index contributed by atoms with van der Waals surface area (Å²) in [5.41, 5.74) is -0.860. The number of likely N-dealkylation sites (N-methyl/N-ethyl adjacent to an activating group) is 1. The molecule has 0 aromatic heterocycles. The molecule has 0 spiro atoms. The zero-order chi connectivity index (χ0) is 13.2. The van der Waals surface area contributed by atoms with Gasteiger partial charge in [0.2, 0.25) is 0 Å². The summed E-state index contributed by atoms with van der Waals surface area (Å²) in [6, 6.07) is 0.171. The highest BCUT2D eigenvalue weighted by Crippen LogP contribution is 2.38. The third-order valence-electron chi connectivity index (χ3n) is 3.49. The summed E-state index contributed by atoms with van der Waals surface area (Å²) >= 11 is 0. The summed E-state index contributed by atoms with van der Waals surface area (Å²) in [4.78, 5) is 13.5. The van der Waals surface area contributed by atoms with Gasteiger partial charge in [-0.1, -0.05) is 6.92 Å². The minimum Gasteiger partial charge on any atom is -0.480 e. The van der Waals surface area contributed by atoms with Crippen LogP contribution in [0.4, 0.5) is 0 Å². The van der Waals surface area contributed by atoms with Gasteiger partial charge in [0.15, 0.2) is 0 Å². The van der Waals surface area contributed by atoms with E-state index >= 15 is 0 Å². The fourth-order valence-corrected chi connectivity index (χ4v) is 2.47. The minimum absolute atomic E-state index is 0.171. The molecule has 0 aromatic carbocycles. The van der Waals surface area contributed by atoms with Crippen LogP contribution in [0.5, 0.6) is 0 Å². The van der Waals surface area contributed by atoms with Gasteiger partial charge in [-0.05, 0) is 46.1 Å². The molecule has 3 unspecified atom stereocenters. The van der Waals surface area contributed by atoms with Crippen molar-refractivity contribution >= 4 is 5.97 Å². The second-order valence-corrected chi connectivity index (χ2v) is 6.11. The van der Waals surface area contributed by atoms with Crippen LogP contribution < -0.4 is 5.32 Å². The summed E-state index contributed by atoms with van der Waals surface area (Å²) < 4.78 is 0. The molecule has 0 aliphatic heterocycles. The molecule has 2 N–H and O–H groups in total. The Kier molecular flexibility index (Phi) is 4.55. The second-order valence-electron chi connectivity index (χ2n) is 6.11. The van der Waals surface area contributed by atoms with E-state index in [2.05, 4.69) is 17.1 Å². The third-order valence-corrected chi connectivity index (χ3v) is 3.49. The van der Waals surface area contributed by atoms with Crippen molar-refractivity contribution in [1.29, 1.82) is 0 Å². The fraction of sp³-hybridized carbons (Fsp3) is 0.923. The van der Waals surface area contributed by atoms with E-state index in [4.69, 9.17) is 0 Å². The molecule has 0 saturated heterocycles. The Balaban J connectivity index is 2.50. The molecule has 17 heavy (non-hydrogen) atoms. The average molecular weight is 242 g/mol. The first-order valence-electron chi connectivity index (χ1n) is 6.44. The molecule has 1 aliphatic carbocycles. The van der Waals surface area contributed by atoms with E-state index in [0.717, 1.165) is 18.4 Å². The van der Waals surface area contributed by atoms with Gasteiger partial charge in [-0.15, -0.1) is 0 Å². The summed E-state index contributed by atoms with van der Waals surface area (Å²) in [5.74, 6) is 0.797. The van der Waals surface area contributed by atoms with Gasteiger partial charge < -0.3 is 10.0 Å². The summed E-state index contributed by atoms with van der Waals surface area (Å²) in [6.45, 7) is 9.52. The third kappa shape index (κ3) is 4.28. The highest BCUT2D eigenvalue weighted by molar-refractivity contribution is 5.78. The Bertz CT molecular complexity index is 281. The van der Waals surface area contributed by atoms with Gasteiger partial charge in [-0.25, -0.2) is 0 Å².